The maximum absolute atomic E-state index is 12.7. The largest absolute Gasteiger partial charge is 0.496 e. The van der Waals surface area contributed by atoms with Crippen molar-refractivity contribution in [3.8, 4) is 28.0 Å². The minimum Gasteiger partial charge on any atom is -0.496 e. The molecule has 5 heteroatoms. The number of rotatable bonds is 6. The SMILES string of the molecule is CCOC(=O)C(=O)c1[nH]cc(-c2cccc(OC)c2C)c1-c1ccccc1. The first kappa shape index (κ1) is 18.5. The Morgan fingerprint density at radius 3 is 2.41 bits per heavy atom. The van der Waals surface area contributed by atoms with Crippen LogP contribution in [0.2, 0.25) is 0 Å². The summed E-state index contributed by atoms with van der Waals surface area (Å²) in [5.74, 6) is -0.807. The lowest BCUT2D eigenvalue weighted by atomic mass is 9.93. The number of ether oxygens (including phenoxy) is 2. The highest BCUT2D eigenvalue weighted by Crippen LogP contribution is 2.39. The van der Waals surface area contributed by atoms with E-state index in [0.717, 1.165) is 28.0 Å². The second-order valence-electron chi connectivity index (χ2n) is 6.00. The molecule has 0 saturated heterocycles. The number of nitrogens with one attached hydrogen (secondary N) is 1. The van der Waals surface area contributed by atoms with Gasteiger partial charge in [0.15, 0.2) is 0 Å². The average Bonchev–Trinajstić information content (AvgIpc) is 3.13. The zero-order chi connectivity index (χ0) is 19.4. The number of aromatic amines is 1. The summed E-state index contributed by atoms with van der Waals surface area (Å²) >= 11 is 0. The fourth-order valence-electron chi connectivity index (χ4n) is 3.15. The summed E-state index contributed by atoms with van der Waals surface area (Å²) in [6.45, 7) is 3.78. The number of methoxy groups -OCH3 is 1. The Kier molecular flexibility index (Phi) is 5.41. The van der Waals surface area contributed by atoms with Crippen LogP contribution < -0.4 is 4.74 Å². The third-order valence-corrected chi connectivity index (χ3v) is 4.42. The summed E-state index contributed by atoms with van der Waals surface area (Å²) < 4.78 is 10.3. The van der Waals surface area contributed by atoms with Crippen LogP contribution >= 0.6 is 0 Å². The van der Waals surface area contributed by atoms with Gasteiger partial charge in [0, 0.05) is 17.3 Å². The zero-order valence-corrected chi connectivity index (χ0v) is 15.5. The van der Waals surface area contributed by atoms with Gasteiger partial charge in [0.05, 0.1) is 13.7 Å². The summed E-state index contributed by atoms with van der Waals surface area (Å²) in [5.41, 5.74) is 4.43. The lowest BCUT2D eigenvalue weighted by molar-refractivity contribution is -0.137. The van der Waals surface area contributed by atoms with Crippen molar-refractivity contribution in [1.29, 1.82) is 0 Å². The molecule has 2 aromatic carbocycles. The van der Waals surface area contributed by atoms with E-state index in [1.54, 1.807) is 20.2 Å². The molecular formula is C22H21NO4. The van der Waals surface area contributed by atoms with Crippen molar-refractivity contribution >= 4 is 11.8 Å². The summed E-state index contributed by atoms with van der Waals surface area (Å²) in [4.78, 5) is 27.7. The maximum atomic E-state index is 12.7. The average molecular weight is 363 g/mol. The van der Waals surface area contributed by atoms with E-state index in [-0.39, 0.29) is 12.3 Å². The second-order valence-corrected chi connectivity index (χ2v) is 6.00. The summed E-state index contributed by atoms with van der Waals surface area (Å²) in [5, 5.41) is 0. The van der Waals surface area contributed by atoms with Crippen LogP contribution in [-0.2, 0) is 9.53 Å². The molecule has 1 N–H and O–H groups in total. The zero-order valence-electron chi connectivity index (χ0n) is 15.5. The molecule has 0 unspecified atom stereocenters. The lowest BCUT2D eigenvalue weighted by Crippen LogP contribution is -2.18. The maximum Gasteiger partial charge on any atom is 0.381 e. The van der Waals surface area contributed by atoms with Gasteiger partial charge < -0.3 is 14.5 Å². The van der Waals surface area contributed by atoms with Gasteiger partial charge in [-0.05, 0) is 36.6 Å². The number of ketones is 1. The van der Waals surface area contributed by atoms with Crippen molar-refractivity contribution in [3.05, 3.63) is 66.0 Å². The number of Topliss-reactive ketones (excluding diaryl/α,β-unsaturated/α-hetero) is 1. The third kappa shape index (κ3) is 3.49. The van der Waals surface area contributed by atoms with Crippen LogP contribution in [0.3, 0.4) is 0 Å². The summed E-state index contributed by atoms with van der Waals surface area (Å²) in [7, 11) is 1.62. The van der Waals surface area contributed by atoms with E-state index in [9.17, 15) is 9.59 Å². The molecule has 3 rings (SSSR count). The van der Waals surface area contributed by atoms with Crippen LogP contribution in [0.4, 0.5) is 0 Å². The molecule has 3 aromatic rings. The van der Waals surface area contributed by atoms with Crippen LogP contribution in [0.15, 0.2) is 54.7 Å². The Labute approximate surface area is 157 Å². The van der Waals surface area contributed by atoms with Gasteiger partial charge in [-0.2, -0.15) is 0 Å². The number of H-pyrrole nitrogens is 1. The van der Waals surface area contributed by atoms with Crippen LogP contribution in [0, 0.1) is 6.92 Å². The van der Waals surface area contributed by atoms with Gasteiger partial charge in [0.1, 0.15) is 11.4 Å². The molecule has 0 saturated carbocycles. The van der Waals surface area contributed by atoms with E-state index < -0.39 is 11.8 Å². The predicted molar refractivity (Wildman–Crippen MR) is 104 cm³/mol. The summed E-state index contributed by atoms with van der Waals surface area (Å²) in [6, 6.07) is 15.3. The first-order chi connectivity index (χ1) is 13.1. The molecule has 138 valence electrons. The van der Waals surface area contributed by atoms with Gasteiger partial charge in [0.25, 0.3) is 5.78 Å². The Morgan fingerprint density at radius 2 is 1.74 bits per heavy atom. The van der Waals surface area contributed by atoms with Gasteiger partial charge in [-0.25, -0.2) is 4.79 Å². The summed E-state index contributed by atoms with van der Waals surface area (Å²) in [6.07, 6.45) is 1.75. The second kappa shape index (κ2) is 7.91. The van der Waals surface area contributed by atoms with Crippen molar-refractivity contribution < 1.29 is 19.1 Å². The number of aromatic nitrogens is 1. The van der Waals surface area contributed by atoms with E-state index in [1.165, 1.54) is 0 Å². The minimum atomic E-state index is -0.870. The predicted octanol–water partition coefficient (Wildman–Crippen LogP) is 4.41. The highest BCUT2D eigenvalue weighted by molar-refractivity contribution is 6.41. The van der Waals surface area contributed by atoms with Gasteiger partial charge in [-0.3, -0.25) is 4.79 Å². The number of hydrogen-bond donors (Lipinski definition) is 1. The first-order valence-electron chi connectivity index (χ1n) is 8.70. The number of carbonyl (C=O) groups is 2. The highest BCUT2D eigenvalue weighted by Gasteiger charge is 2.26. The molecule has 0 amide bonds. The van der Waals surface area contributed by atoms with E-state index in [4.69, 9.17) is 9.47 Å². The molecule has 0 aliphatic heterocycles. The molecule has 0 aliphatic rings. The fraction of sp³-hybridized carbons (Fsp3) is 0.182. The van der Waals surface area contributed by atoms with Crippen molar-refractivity contribution in [3.63, 3.8) is 0 Å². The van der Waals surface area contributed by atoms with Crippen molar-refractivity contribution in [2.24, 2.45) is 0 Å². The third-order valence-electron chi connectivity index (χ3n) is 4.42. The van der Waals surface area contributed by atoms with E-state index in [0.29, 0.717) is 5.56 Å². The van der Waals surface area contributed by atoms with Crippen LogP contribution in [0.1, 0.15) is 23.0 Å². The topological polar surface area (TPSA) is 68.4 Å². The Hall–Kier alpha value is -3.34. The van der Waals surface area contributed by atoms with E-state index >= 15 is 0 Å². The van der Waals surface area contributed by atoms with Crippen molar-refractivity contribution in [2.75, 3.05) is 13.7 Å². The number of benzene rings is 2. The van der Waals surface area contributed by atoms with Crippen molar-refractivity contribution in [2.45, 2.75) is 13.8 Å². The van der Waals surface area contributed by atoms with E-state index in [2.05, 4.69) is 4.98 Å². The molecule has 0 aliphatic carbocycles. The lowest BCUT2D eigenvalue weighted by Gasteiger charge is -2.12. The molecule has 5 nitrogen and oxygen atoms in total. The molecule has 27 heavy (non-hydrogen) atoms. The van der Waals surface area contributed by atoms with Gasteiger partial charge >= 0.3 is 5.97 Å². The standard InChI is InChI=1S/C22H21NO4/c1-4-27-22(25)21(24)20-19(15-9-6-5-7-10-15)17(13-23-20)16-11-8-12-18(26-3)14(16)2/h5-13,23H,4H2,1-3H3. The molecule has 1 heterocycles. The monoisotopic (exact) mass is 363 g/mol. The Balaban J connectivity index is 2.22. The highest BCUT2D eigenvalue weighted by atomic mass is 16.5. The van der Waals surface area contributed by atoms with Gasteiger partial charge in [-0.1, -0.05) is 42.5 Å². The molecule has 0 radical (unpaired) electrons. The fourth-order valence-corrected chi connectivity index (χ4v) is 3.15. The molecule has 0 bridgehead atoms. The minimum absolute atomic E-state index is 0.147. The molecule has 0 fully saturated rings. The van der Waals surface area contributed by atoms with Crippen LogP contribution in [0.25, 0.3) is 22.3 Å². The van der Waals surface area contributed by atoms with Crippen LogP contribution in [-0.4, -0.2) is 30.5 Å². The normalized spacial score (nSPS) is 10.5. The molecule has 0 atom stereocenters. The Morgan fingerprint density at radius 1 is 1.00 bits per heavy atom. The number of hydrogen-bond acceptors (Lipinski definition) is 4. The quantitative estimate of drug-likeness (QED) is 0.400. The number of carbonyl (C=O) groups excluding carboxylic acids is 2. The molecule has 0 spiro atoms. The smallest absolute Gasteiger partial charge is 0.381 e. The van der Waals surface area contributed by atoms with Gasteiger partial charge in [-0.15, -0.1) is 0 Å². The Bertz CT molecular complexity index is 973. The first-order valence-corrected chi connectivity index (χ1v) is 8.70. The van der Waals surface area contributed by atoms with Crippen molar-refractivity contribution in [1.82, 2.24) is 4.98 Å². The van der Waals surface area contributed by atoms with E-state index in [1.807, 2.05) is 55.5 Å². The number of esters is 1. The molecule has 1 aromatic heterocycles. The van der Waals surface area contributed by atoms with Crippen LogP contribution in [0.5, 0.6) is 5.75 Å². The van der Waals surface area contributed by atoms with Gasteiger partial charge in [0.2, 0.25) is 0 Å². The molecular weight excluding hydrogens is 342 g/mol.